The summed E-state index contributed by atoms with van der Waals surface area (Å²) >= 11 is 0. The summed E-state index contributed by atoms with van der Waals surface area (Å²) in [6.07, 6.45) is 17.0. The molecule has 0 unspecified atom stereocenters. The molecule has 0 nitrogen and oxygen atoms in total. The van der Waals surface area contributed by atoms with Crippen molar-refractivity contribution in [2.24, 2.45) is 0 Å². The standard InChI is InChI=1S/C16H30/c1-3-5-11-15-13-9-7-8-10-14-16(15)12-6-4-2/h3-14H2,1-2H3/b16-15-. The molecule has 0 aromatic heterocycles. The van der Waals surface area contributed by atoms with Gasteiger partial charge in [0.25, 0.3) is 0 Å². The van der Waals surface area contributed by atoms with Crippen molar-refractivity contribution in [1.29, 1.82) is 0 Å². The zero-order valence-corrected chi connectivity index (χ0v) is 11.5. The lowest BCUT2D eigenvalue weighted by Crippen LogP contribution is -1.98. The lowest BCUT2D eigenvalue weighted by Gasteiger charge is -2.18. The molecule has 1 aliphatic rings. The third-order valence-corrected chi connectivity index (χ3v) is 3.87. The van der Waals surface area contributed by atoms with Crippen LogP contribution in [0.25, 0.3) is 0 Å². The zero-order valence-electron chi connectivity index (χ0n) is 11.5. The largest absolute Gasteiger partial charge is 0.0710 e. The third kappa shape index (κ3) is 5.18. The van der Waals surface area contributed by atoms with Crippen molar-refractivity contribution >= 4 is 0 Å². The van der Waals surface area contributed by atoms with Crippen molar-refractivity contribution < 1.29 is 0 Å². The molecule has 0 spiro atoms. The summed E-state index contributed by atoms with van der Waals surface area (Å²) in [7, 11) is 0. The van der Waals surface area contributed by atoms with E-state index in [9.17, 15) is 0 Å². The first-order valence-corrected chi connectivity index (χ1v) is 7.58. The van der Waals surface area contributed by atoms with Crippen LogP contribution in [-0.4, -0.2) is 0 Å². The minimum absolute atomic E-state index is 1.35. The Labute approximate surface area is 103 Å². The fourth-order valence-electron chi connectivity index (χ4n) is 2.77. The van der Waals surface area contributed by atoms with Crippen LogP contribution in [-0.2, 0) is 0 Å². The van der Waals surface area contributed by atoms with E-state index in [0.717, 1.165) is 0 Å². The first kappa shape index (κ1) is 13.8. The Morgan fingerprint density at radius 2 is 1.12 bits per heavy atom. The van der Waals surface area contributed by atoms with Crippen LogP contribution in [0, 0.1) is 0 Å². The number of unbranched alkanes of at least 4 members (excludes halogenated alkanes) is 2. The van der Waals surface area contributed by atoms with Gasteiger partial charge in [-0.1, -0.05) is 50.7 Å². The summed E-state index contributed by atoms with van der Waals surface area (Å²) in [4.78, 5) is 0. The Hall–Kier alpha value is -0.260. The molecule has 0 bridgehead atoms. The normalized spacial score (nSPS) is 22.9. The van der Waals surface area contributed by atoms with Crippen LogP contribution in [0.3, 0.4) is 0 Å². The van der Waals surface area contributed by atoms with Gasteiger partial charge in [-0.25, -0.2) is 0 Å². The smallest absolute Gasteiger partial charge is 0.0318 e. The lowest BCUT2D eigenvalue weighted by molar-refractivity contribution is 0.576. The summed E-state index contributed by atoms with van der Waals surface area (Å²) in [5, 5.41) is 0. The first-order valence-electron chi connectivity index (χ1n) is 7.58. The monoisotopic (exact) mass is 222 g/mol. The fraction of sp³-hybridized carbons (Fsp3) is 0.875. The Morgan fingerprint density at radius 1 is 0.688 bits per heavy atom. The van der Waals surface area contributed by atoms with Gasteiger partial charge >= 0.3 is 0 Å². The molecule has 1 rings (SSSR count). The molecule has 1 aliphatic carbocycles. The van der Waals surface area contributed by atoms with Gasteiger partial charge in [-0.05, 0) is 51.4 Å². The maximum absolute atomic E-state index is 2.31. The van der Waals surface area contributed by atoms with Gasteiger partial charge in [0.1, 0.15) is 0 Å². The van der Waals surface area contributed by atoms with E-state index in [4.69, 9.17) is 0 Å². The van der Waals surface area contributed by atoms with Crippen LogP contribution in [0.15, 0.2) is 11.1 Å². The van der Waals surface area contributed by atoms with E-state index >= 15 is 0 Å². The highest BCUT2D eigenvalue weighted by Gasteiger charge is 2.09. The SMILES string of the molecule is CCCC/C1=C(\CCCC)CCCCCC1. The van der Waals surface area contributed by atoms with E-state index in [1.54, 1.807) is 0 Å². The Bertz CT molecular complexity index is 178. The second-order valence-electron chi connectivity index (χ2n) is 5.33. The molecular formula is C16H30. The van der Waals surface area contributed by atoms with Gasteiger partial charge in [-0.3, -0.25) is 0 Å². The van der Waals surface area contributed by atoms with E-state index < -0.39 is 0 Å². The highest BCUT2D eigenvalue weighted by atomic mass is 14.2. The van der Waals surface area contributed by atoms with Gasteiger partial charge in [0, 0.05) is 0 Å². The Balaban J connectivity index is 2.58. The number of rotatable bonds is 6. The van der Waals surface area contributed by atoms with Crippen molar-refractivity contribution in [2.45, 2.75) is 90.9 Å². The van der Waals surface area contributed by atoms with Crippen LogP contribution in [0.1, 0.15) is 90.9 Å². The average molecular weight is 222 g/mol. The topological polar surface area (TPSA) is 0 Å². The van der Waals surface area contributed by atoms with Crippen molar-refractivity contribution in [3.8, 4) is 0 Å². The minimum atomic E-state index is 1.35. The maximum Gasteiger partial charge on any atom is -0.0318 e. The molecule has 0 aromatic rings. The number of hydrogen-bond acceptors (Lipinski definition) is 0. The van der Waals surface area contributed by atoms with E-state index in [1.165, 1.54) is 77.0 Å². The molecule has 0 amide bonds. The molecular weight excluding hydrogens is 192 g/mol. The third-order valence-electron chi connectivity index (χ3n) is 3.87. The van der Waals surface area contributed by atoms with Crippen LogP contribution < -0.4 is 0 Å². The first-order chi connectivity index (χ1) is 7.88. The highest BCUT2D eigenvalue weighted by Crippen LogP contribution is 2.29. The molecule has 0 radical (unpaired) electrons. The van der Waals surface area contributed by atoms with E-state index in [2.05, 4.69) is 13.8 Å². The van der Waals surface area contributed by atoms with Gasteiger partial charge in [0.2, 0.25) is 0 Å². The second kappa shape index (κ2) is 8.84. The lowest BCUT2D eigenvalue weighted by atomic mass is 9.88. The molecule has 0 aliphatic heterocycles. The van der Waals surface area contributed by atoms with Gasteiger partial charge in [0.15, 0.2) is 0 Å². The number of allylic oxidation sites excluding steroid dienone is 2. The van der Waals surface area contributed by atoms with Crippen LogP contribution in [0.4, 0.5) is 0 Å². The molecule has 16 heavy (non-hydrogen) atoms. The van der Waals surface area contributed by atoms with Gasteiger partial charge < -0.3 is 0 Å². The molecule has 0 N–H and O–H groups in total. The summed E-state index contributed by atoms with van der Waals surface area (Å²) in [6, 6.07) is 0. The van der Waals surface area contributed by atoms with E-state index in [0.29, 0.717) is 0 Å². The predicted octanol–water partition coefficient (Wildman–Crippen LogP) is 6.02. The van der Waals surface area contributed by atoms with Crippen LogP contribution in [0.5, 0.6) is 0 Å². The summed E-state index contributed by atoms with van der Waals surface area (Å²) in [5.41, 5.74) is 3.71. The molecule has 94 valence electrons. The quantitative estimate of drug-likeness (QED) is 0.482. The van der Waals surface area contributed by atoms with E-state index in [1.807, 2.05) is 11.1 Å². The van der Waals surface area contributed by atoms with Crippen molar-refractivity contribution in [3.63, 3.8) is 0 Å². The summed E-state index contributed by atoms with van der Waals surface area (Å²) < 4.78 is 0. The molecule has 0 saturated carbocycles. The summed E-state index contributed by atoms with van der Waals surface area (Å²) in [5.74, 6) is 0. The van der Waals surface area contributed by atoms with Crippen molar-refractivity contribution in [1.82, 2.24) is 0 Å². The predicted molar refractivity (Wildman–Crippen MR) is 73.8 cm³/mol. The van der Waals surface area contributed by atoms with Crippen LogP contribution in [0.2, 0.25) is 0 Å². The highest BCUT2D eigenvalue weighted by molar-refractivity contribution is 5.15. The van der Waals surface area contributed by atoms with Gasteiger partial charge in [-0.2, -0.15) is 0 Å². The average Bonchev–Trinajstić information content (AvgIpc) is 2.27. The van der Waals surface area contributed by atoms with Gasteiger partial charge in [0.05, 0.1) is 0 Å². The molecule has 0 heterocycles. The Morgan fingerprint density at radius 3 is 1.50 bits per heavy atom. The molecule has 0 fully saturated rings. The fourth-order valence-corrected chi connectivity index (χ4v) is 2.77. The summed E-state index contributed by atoms with van der Waals surface area (Å²) in [6.45, 7) is 4.63. The van der Waals surface area contributed by atoms with Crippen molar-refractivity contribution in [3.05, 3.63) is 11.1 Å². The van der Waals surface area contributed by atoms with Crippen molar-refractivity contribution in [2.75, 3.05) is 0 Å². The molecule has 0 heteroatoms. The van der Waals surface area contributed by atoms with E-state index in [-0.39, 0.29) is 0 Å². The minimum Gasteiger partial charge on any atom is -0.0710 e. The number of hydrogen-bond donors (Lipinski definition) is 0. The molecule has 0 atom stereocenters. The zero-order chi connectivity index (χ0) is 11.6. The maximum atomic E-state index is 2.31. The second-order valence-corrected chi connectivity index (χ2v) is 5.33. The molecule has 0 saturated heterocycles. The molecule has 0 aromatic carbocycles. The Kier molecular flexibility index (Phi) is 7.63. The van der Waals surface area contributed by atoms with Gasteiger partial charge in [-0.15, -0.1) is 0 Å². The van der Waals surface area contributed by atoms with Crippen LogP contribution >= 0.6 is 0 Å².